The van der Waals surface area contributed by atoms with Gasteiger partial charge in [-0.05, 0) is 54.5 Å². The molecule has 0 radical (unpaired) electrons. The Morgan fingerprint density at radius 1 is 1.05 bits per heavy atom. The molecule has 0 aromatic heterocycles. The summed E-state index contributed by atoms with van der Waals surface area (Å²) in [7, 11) is 0. The second kappa shape index (κ2) is 12.6. The molecular weight excluding hydrogens is 464 g/mol. The summed E-state index contributed by atoms with van der Waals surface area (Å²) >= 11 is 0. The Morgan fingerprint density at radius 2 is 1.76 bits per heavy atom. The third kappa shape index (κ3) is 6.18. The van der Waals surface area contributed by atoms with Gasteiger partial charge in [0, 0.05) is 31.6 Å². The molecule has 6 heteroatoms. The van der Waals surface area contributed by atoms with Crippen molar-refractivity contribution in [1.82, 2.24) is 9.80 Å². The number of amides is 1. The largest absolute Gasteiger partial charge is 0.489 e. The number of benzene rings is 1. The quantitative estimate of drug-likeness (QED) is 0.404. The number of hydrogen-bond acceptors (Lipinski definition) is 4. The average molecular weight is 507 g/mol. The molecule has 1 unspecified atom stereocenters. The van der Waals surface area contributed by atoms with Crippen LogP contribution < -0.4 is 0 Å². The van der Waals surface area contributed by atoms with Crippen molar-refractivity contribution in [3.05, 3.63) is 70.5 Å². The Labute approximate surface area is 221 Å². The molecule has 1 fully saturated rings. The second-order valence-electron chi connectivity index (χ2n) is 10.5. The first kappa shape index (κ1) is 27.2. The van der Waals surface area contributed by atoms with Crippen LogP contribution in [0.4, 0.5) is 0 Å². The molecule has 4 rings (SSSR count). The summed E-state index contributed by atoms with van der Waals surface area (Å²) in [6.45, 7) is 9.30. The second-order valence-corrected chi connectivity index (χ2v) is 10.5. The molecule has 0 spiro atoms. The fourth-order valence-corrected chi connectivity index (χ4v) is 5.90. The average Bonchev–Trinajstić information content (AvgIpc) is 3.53. The third-order valence-electron chi connectivity index (χ3n) is 8.07. The number of aryl methyl sites for hydroxylation is 1. The number of allylic oxidation sites excluding steroid dienone is 3. The highest BCUT2D eigenvalue weighted by molar-refractivity contribution is 5.79. The van der Waals surface area contributed by atoms with Crippen molar-refractivity contribution in [2.24, 2.45) is 11.8 Å². The lowest BCUT2D eigenvalue weighted by atomic mass is 9.79. The zero-order valence-corrected chi connectivity index (χ0v) is 22.6. The summed E-state index contributed by atoms with van der Waals surface area (Å²) in [6, 6.07) is 7.95. The van der Waals surface area contributed by atoms with Gasteiger partial charge >= 0.3 is 5.97 Å². The molecule has 1 amide bonds. The number of likely N-dealkylation sites (tertiary alicyclic amines) is 1. The molecule has 6 nitrogen and oxygen atoms in total. The van der Waals surface area contributed by atoms with Crippen LogP contribution in [0.25, 0.3) is 0 Å². The van der Waals surface area contributed by atoms with Gasteiger partial charge in [0.1, 0.15) is 12.4 Å². The maximum absolute atomic E-state index is 13.6. The number of nitrogens with zero attached hydrogens (tertiary/aromatic N) is 2. The van der Waals surface area contributed by atoms with E-state index < -0.39 is 11.9 Å². The molecular formula is C31H42N2O4. The van der Waals surface area contributed by atoms with Crippen LogP contribution in [0.2, 0.25) is 0 Å². The van der Waals surface area contributed by atoms with Crippen LogP contribution in [0.5, 0.6) is 0 Å². The predicted molar refractivity (Wildman–Crippen MR) is 146 cm³/mol. The lowest BCUT2D eigenvalue weighted by Gasteiger charge is -2.30. The Hall–Kier alpha value is -2.86. The number of carboxylic acids is 1. The molecule has 1 aliphatic carbocycles. The Bertz CT molecular complexity index is 1050. The smallest absolute Gasteiger partial charge is 0.309 e. The highest BCUT2D eigenvalue weighted by Crippen LogP contribution is 2.47. The number of carbonyl (C=O) groups excluding carboxylic acids is 1. The summed E-state index contributed by atoms with van der Waals surface area (Å²) in [5, 5.41) is 10.5. The van der Waals surface area contributed by atoms with Crippen molar-refractivity contribution < 1.29 is 19.4 Å². The summed E-state index contributed by atoms with van der Waals surface area (Å²) in [5.74, 6) is -0.585. The van der Waals surface area contributed by atoms with E-state index in [0.29, 0.717) is 19.6 Å². The van der Waals surface area contributed by atoms with E-state index in [2.05, 4.69) is 62.1 Å². The van der Waals surface area contributed by atoms with Crippen molar-refractivity contribution in [2.45, 2.75) is 65.3 Å². The first-order chi connectivity index (χ1) is 18.0. The van der Waals surface area contributed by atoms with Crippen molar-refractivity contribution >= 4 is 11.9 Å². The van der Waals surface area contributed by atoms with E-state index in [0.717, 1.165) is 67.7 Å². The van der Waals surface area contributed by atoms with E-state index in [1.54, 1.807) is 0 Å². The van der Waals surface area contributed by atoms with Crippen LogP contribution in [0.1, 0.15) is 70.0 Å². The molecule has 1 N–H and O–H groups in total. The Morgan fingerprint density at radius 3 is 2.38 bits per heavy atom. The van der Waals surface area contributed by atoms with E-state index in [4.69, 9.17) is 4.74 Å². The van der Waals surface area contributed by atoms with Gasteiger partial charge in [0.15, 0.2) is 0 Å². The molecule has 200 valence electrons. The molecule has 0 bridgehead atoms. The topological polar surface area (TPSA) is 70.1 Å². The number of hydrogen-bond donors (Lipinski definition) is 1. The van der Waals surface area contributed by atoms with E-state index in [1.807, 2.05) is 11.0 Å². The third-order valence-corrected chi connectivity index (χ3v) is 8.07. The van der Waals surface area contributed by atoms with Crippen molar-refractivity contribution in [1.29, 1.82) is 0 Å². The molecule has 2 aliphatic heterocycles. The van der Waals surface area contributed by atoms with Gasteiger partial charge in [-0.2, -0.15) is 0 Å². The first-order valence-corrected chi connectivity index (χ1v) is 14.0. The number of fused-ring (bicyclic) bond motifs is 1. The fraction of sp³-hybridized carbons (Fsp3) is 0.548. The number of rotatable bonds is 12. The van der Waals surface area contributed by atoms with E-state index >= 15 is 0 Å². The SMILES string of the molecule is CCCCN(CCCC)C(=O)CN1CC(C2=CC=C3OCC=C3C2)[C@H](C(=O)O)[C@H]1c1ccc(CC)cc1. The van der Waals surface area contributed by atoms with Gasteiger partial charge < -0.3 is 14.7 Å². The minimum Gasteiger partial charge on any atom is -0.489 e. The van der Waals surface area contributed by atoms with Gasteiger partial charge in [-0.25, -0.2) is 0 Å². The first-order valence-electron chi connectivity index (χ1n) is 14.0. The van der Waals surface area contributed by atoms with Crippen LogP contribution in [0.3, 0.4) is 0 Å². The summed E-state index contributed by atoms with van der Waals surface area (Å²) in [6.07, 6.45) is 11.8. The maximum atomic E-state index is 13.6. The van der Waals surface area contributed by atoms with Crippen LogP contribution in [-0.2, 0) is 20.7 Å². The van der Waals surface area contributed by atoms with Crippen LogP contribution in [-0.4, -0.2) is 59.6 Å². The molecule has 37 heavy (non-hydrogen) atoms. The number of carbonyl (C=O) groups is 2. The number of carboxylic acid groups (broad SMARTS) is 1. The minimum absolute atomic E-state index is 0.105. The highest BCUT2D eigenvalue weighted by atomic mass is 16.5. The zero-order valence-electron chi connectivity index (χ0n) is 22.6. The standard InChI is InChI=1S/C31H42N2O4/c1-4-7-16-32(17-8-5-2)28(34)21-33-20-26(24-13-14-27-25(19-24)15-18-37-27)29(31(35)36)30(33)23-11-9-22(6-3)10-12-23/h9-15,26,29-30H,4-8,16-21H2,1-3H3,(H,35,36)/t26?,29-,30+/m0/s1. The van der Waals surface area contributed by atoms with Gasteiger partial charge in [0.2, 0.25) is 5.91 Å². The van der Waals surface area contributed by atoms with Crippen molar-refractivity contribution in [2.75, 3.05) is 32.8 Å². The molecule has 0 saturated carbocycles. The van der Waals surface area contributed by atoms with E-state index in [1.165, 1.54) is 5.56 Å². The van der Waals surface area contributed by atoms with E-state index in [9.17, 15) is 14.7 Å². The summed E-state index contributed by atoms with van der Waals surface area (Å²) < 4.78 is 5.67. The maximum Gasteiger partial charge on any atom is 0.309 e. The number of ether oxygens (including phenoxy) is 1. The zero-order chi connectivity index (χ0) is 26.4. The Kier molecular flexibility index (Phi) is 9.25. The molecule has 1 aromatic carbocycles. The van der Waals surface area contributed by atoms with Gasteiger partial charge in [-0.15, -0.1) is 0 Å². The number of unbranched alkanes of at least 4 members (excludes halogenated alkanes) is 2. The molecule has 2 heterocycles. The van der Waals surface area contributed by atoms with Crippen LogP contribution in [0, 0.1) is 11.8 Å². The van der Waals surface area contributed by atoms with Crippen LogP contribution >= 0.6 is 0 Å². The van der Waals surface area contributed by atoms with Gasteiger partial charge in [-0.1, -0.05) is 69.5 Å². The lowest BCUT2D eigenvalue weighted by molar-refractivity contribution is -0.144. The number of aliphatic carboxylic acids is 1. The Balaban J connectivity index is 1.65. The highest BCUT2D eigenvalue weighted by Gasteiger charge is 2.49. The monoisotopic (exact) mass is 506 g/mol. The van der Waals surface area contributed by atoms with Crippen LogP contribution in [0.15, 0.2) is 59.4 Å². The van der Waals surface area contributed by atoms with Gasteiger partial charge in [0.05, 0.1) is 12.5 Å². The molecule has 3 atom stereocenters. The molecule has 1 aromatic rings. The minimum atomic E-state index is -0.800. The summed E-state index contributed by atoms with van der Waals surface area (Å²) in [4.78, 5) is 30.5. The molecule has 3 aliphatic rings. The predicted octanol–water partition coefficient (Wildman–Crippen LogP) is 5.52. The van der Waals surface area contributed by atoms with Crippen molar-refractivity contribution in [3.8, 4) is 0 Å². The van der Waals surface area contributed by atoms with Crippen molar-refractivity contribution in [3.63, 3.8) is 0 Å². The summed E-state index contributed by atoms with van der Waals surface area (Å²) in [5.41, 5.74) is 4.46. The fourth-order valence-electron chi connectivity index (χ4n) is 5.90. The van der Waals surface area contributed by atoms with Gasteiger partial charge in [-0.3, -0.25) is 14.5 Å². The van der Waals surface area contributed by atoms with E-state index in [-0.39, 0.29) is 24.4 Å². The lowest BCUT2D eigenvalue weighted by Crippen LogP contribution is -2.42. The normalized spacial score (nSPS) is 23.1. The molecule has 1 saturated heterocycles. The van der Waals surface area contributed by atoms with Gasteiger partial charge in [0.25, 0.3) is 0 Å².